The summed E-state index contributed by atoms with van der Waals surface area (Å²) in [6, 6.07) is 13.4. The van der Waals surface area contributed by atoms with E-state index < -0.39 is 0 Å². The first-order valence-corrected chi connectivity index (χ1v) is 8.62. The lowest BCUT2D eigenvalue weighted by molar-refractivity contribution is -0.128. The van der Waals surface area contributed by atoms with Gasteiger partial charge in [-0.2, -0.15) is 0 Å². The fourth-order valence-electron chi connectivity index (χ4n) is 3.23. The quantitative estimate of drug-likeness (QED) is 0.919. The number of hydrogen-bond acceptors (Lipinski definition) is 4. The molecule has 6 nitrogen and oxygen atoms in total. The van der Waals surface area contributed by atoms with Gasteiger partial charge in [-0.25, -0.2) is 0 Å². The highest BCUT2D eigenvalue weighted by molar-refractivity contribution is 5.97. The zero-order valence-electron chi connectivity index (χ0n) is 14.5. The van der Waals surface area contributed by atoms with E-state index in [4.69, 9.17) is 9.47 Å². The van der Waals surface area contributed by atoms with E-state index in [0.29, 0.717) is 30.3 Å². The number of carbonyl (C=O) groups is 2. The number of anilines is 1. The van der Waals surface area contributed by atoms with Crippen molar-refractivity contribution < 1.29 is 19.1 Å². The monoisotopic (exact) mass is 352 g/mol. The second-order valence-electron chi connectivity index (χ2n) is 6.72. The molecule has 0 spiro atoms. The van der Waals surface area contributed by atoms with Crippen LogP contribution < -0.4 is 14.8 Å². The third-order valence-corrected chi connectivity index (χ3v) is 4.72. The fraction of sp³-hybridized carbons (Fsp3) is 0.300. The molecule has 0 aliphatic carbocycles. The molecule has 0 bridgehead atoms. The summed E-state index contributed by atoms with van der Waals surface area (Å²) in [4.78, 5) is 26.6. The Morgan fingerprint density at radius 1 is 1.15 bits per heavy atom. The van der Waals surface area contributed by atoms with Crippen LogP contribution in [0.5, 0.6) is 11.5 Å². The van der Waals surface area contributed by atoms with Crippen molar-refractivity contribution in [3.05, 3.63) is 53.6 Å². The third kappa shape index (κ3) is 3.35. The molecule has 0 aromatic heterocycles. The van der Waals surface area contributed by atoms with Crippen molar-refractivity contribution in [3.8, 4) is 11.5 Å². The second kappa shape index (κ2) is 6.71. The highest BCUT2D eigenvalue weighted by Crippen LogP contribution is 2.34. The first-order valence-electron chi connectivity index (χ1n) is 8.62. The van der Waals surface area contributed by atoms with Gasteiger partial charge in [-0.15, -0.1) is 0 Å². The van der Waals surface area contributed by atoms with E-state index in [1.807, 2.05) is 31.2 Å². The molecular weight excluding hydrogens is 332 g/mol. The van der Waals surface area contributed by atoms with Gasteiger partial charge in [-0.3, -0.25) is 9.59 Å². The van der Waals surface area contributed by atoms with Crippen molar-refractivity contribution in [1.82, 2.24) is 4.90 Å². The molecule has 0 unspecified atom stereocenters. The van der Waals surface area contributed by atoms with Crippen molar-refractivity contribution in [2.45, 2.75) is 19.9 Å². The number of fused-ring (bicyclic) bond motifs is 1. The summed E-state index contributed by atoms with van der Waals surface area (Å²) in [5, 5.41) is 2.87. The summed E-state index contributed by atoms with van der Waals surface area (Å²) in [6.45, 7) is 3.19. The normalized spacial score (nSPS) is 18.3. The number of carbonyl (C=O) groups excluding carboxylic acids is 2. The van der Waals surface area contributed by atoms with E-state index >= 15 is 0 Å². The predicted molar refractivity (Wildman–Crippen MR) is 95.9 cm³/mol. The van der Waals surface area contributed by atoms with Crippen LogP contribution in [0.3, 0.4) is 0 Å². The van der Waals surface area contributed by atoms with E-state index in [9.17, 15) is 9.59 Å². The Morgan fingerprint density at radius 2 is 1.92 bits per heavy atom. The zero-order valence-corrected chi connectivity index (χ0v) is 14.5. The minimum atomic E-state index is -0.349. The van der Waals surface area contributed by atoms with Crippen LogP contribution in [0.4, 0.5) is 5.69 Å². The van der Waals surface area contributed by atoms with Crippen LogP contribution in [-0.4, -0.2) is 30.1 Å². The van der Waals surface area contributed by atoms with Crippen LogP contribution >= 0.6 is 0 Å². The third-order valence-electron chi connectivity index (χ3n) is 4.72. The van der Waals surface area contributed by atoms with Crippen LogP contribution in [-0.2, 0) is 16.1 Å². The molecule has 2 aromatic rings. The highest BCUT2D eigenvalue weighted by atomic mass is 16.7. The van der Waals surface area contributed by atoms with Crippen molar-refractivity contribution in [2.75, 3.05) is 18.7 Å². The maximum absolute atomic E-state index is 12.5. The highest BCUT2D eigenvalue weighted by Gasteiger charge is 2.34. The number of aryl methyl sites for hydroxylation is 1. The molecular formula is C20H20N2O4. The molecule has 6 heteroatoms. The van der Waals surface area contributed by atoms with E-state index in [-0.39, 0.29) is 30.9 Å². The standard InChI is InChI=1S/C20H20N2O4/c1-13-2-4-14(5-3-13)10-22-11-15(8-19(22)23)20(24)21-16-6-7-17-18(9-16)26-12-25-17/h2-7,9,15H,8,10-12H2,1H3,(H,21,24)/t15-/m0/s1. The Morgan fingerprint density at radius 3 is 2.73 bits per heavy atom. The lowest BCUT2D eigenvalue weighted by atomic mass is 10.1. The Hall–Kier alpha value is -3.02. The maximum Gasteiger partial charge on any atom is 0.231 e. The largest absolute Gasteiger partial charge is 0.454 e. The lowest BCUT2D eigenvalue weighted by Crippen LogP contribution is -2.28. The number of nitrogens with zero attached hydrogens (tertiary/aromatic N) is 1. The average molecular weight is 352 g/mol. The van der Waals surface area contributed by atoms with E-state index in [1.54, 1.807) is 23.1 Å². The topological polar surface area (TPSA) is 67.9 Å². The molecule has 2 aliphatic rings. The SMILES string of the molecule is Cc1ccc(CN2C[C@@H](C(=O)Nc3ccc4c(c3)OCO4)CC2=O)cc1. The molecule has 2 aliphatic heterocycles. The van der Waals surface area contributed by atoms with Gasteiger partial charge in [0.25, 0.3) is 0 Å². The van der Waals surface area contributed by atoms with Gasteiger partial charge in [0.15, 0.2) is 11.5 Å². The van der Waals surface area contributed by atoms with Gasteiger partial charge in [0.1, 0.15) is 0 Å². The minimum absolute atomic E-state index is 0.0106. The number of amides is 2. The van der Waals surface area contributed by atoms with Crippen LogP contribution in [0.25, 0.3) is 0 Å². The van der Waals surface area contributed by atoms with Gasteiger partial charge in [0.2, 0.25) is 18.6 Å². The van der Waals surface area contributed by atoms with Crippen molar-refractivity contribution in [2.24, 2.45) is 5.92 Å². The molecule has 1 atom stereocenters. The molecule has 1 N–H and O–H groups in total. The Labute approximate surface area is 151 Å². The van der Waals surface area contributed by atoms with Crippen molar-refractivity contribution >= 4 is 17.5 Å². The molecule has 0 saturated carbocycles. The summed E-state index contributed by atoms with van der Waals surface area (Å²) in [5.41, 5.74) is 2.90. The van der Waals surface area contributed by atoms with Crippen LogP contribution in [0.15, 0.2) is 42.5 Å². The summed E-state index contributed by atoms with van der Waals surface area (Å²) in [6.07, 6.45) is 0.238. The van der Waals surface area contributed by atoms with Crippen LogP contribution in [0, 0.1) is 12.8 Å². The molecule has 2 heterocycles. The molecule has 26 heavy (non-hydrogen) atoms. The molecule has 2 amide bonds. The zero-order chi connectivity index (χ0) is 18.1. The van der Waals surface area contributed by atoms with E-state index in [0.717, 1.165) is 5.56 Å². The van der Waals surface area contributed by atoms with Crippen molar-refractivity contribution in [1.29, 1.82) is 0 Å². The number of ether oxygens (including phenoxy) is 2. The van der Waals surface area contributed by atoms with E-state index in [1.165, 1.54) is 5.56 Å². The maximum atomic E-state index is 12.5. The van der Waals surface area contributed by atoms with Gasteiger partial charge in [0, 0.05) is 31.3 Å². The smallest absolute Gasteiger partial charge is 0.231 e. The van der Waals surface area contributed by atoms with Crippen molar-refractivity contribution in [3.63, 3.8) is 0 Å². The fourth-order valence-corrected chi connectivity index (χ4v) is 3.23. The number of benzene rings is 2. The molecule has 1 saturated heterocycles. The van der Waals surface area contributed by atoms with Crippen LogP contribution in [0.2, 0.25) is 0 Å². The van der Waals surface area contributed by atoms with E-state index in [2.05, 4.69) is 5.32 Å². The summed E-state index contributed by atoms with van der Waals surface area (Å²) in [7, 11) is 0. The number of likely N-dealkylation sites (tertiary alicyclic amines) is 1. The number of hydrogen-bond donors (Lipinski definition) is 1. The number of rotatable bonds is 4. The molecule has 0 radical (unpaired) electrons. The average Bonchev–Trinajstić information content (AvgIpc) is 3.23. The van der Waals surface area contributed by atoms with Gasteiger partial charge < -0.3 is 19.7 Å². The molecule has 4 rings (SSSR count). The second-order valence-corrected chi connectivity index (χ2v) is 6.72. The Balaban J connectivity index is 1.38. The minimum Gasteiger partial charge on any atom is -0.454 e. The van der Waals surface area contributed by atoms with Crippen LogP contribution in [0.1, 0.15) is 17.5 Å². The summed E-state index contributed by atoms with van der Waals surface area (Å²) in [5.74, 6) is 0.799. The first kappa shape index (κ1) is 16.4. The predicted octanol–water partition coefficient (Wildman–Crippen LogP) is 2.71. The Kier molecular flexibility index (Phi) is 4.24. The summed E-state index contributed by atoms with van der Waals surface area (Å²) < 4.78 is 10.6. The molecule has 134 valence electrons. The first-order chi connectivity index (χ1) is 12.6. The van der Waals surface area contributed by atoms with Gasteiger partial charge >= 0.3 is 0 Å². The lowest BCUT2D eigenvalue weighted by Gasteiger charge is -2.17. The van der Waals surface area contributed by atoms with Gasteiger partial charge in [-0.1, -0.05) is 29.8 Å². The summed E-state index contributed by atoms with van der Waals surface area (Å²) >= 11 is 0. The van der Waals surface area contributed by atoms with Gasteiger partial charge in [0.05, 0.1) is 5.92 Å². The Bertz CT molecular complexity index is 847. The molecule has 2 aromatic carbocycles. The number of nitrogens with one attached hydrogen (secondary N) is 1. The van der Waals surface area contributed by atoms with Gasteiger partial charge in [-0.05, 0) is 24.6 Å². The molecule has 1 fully saturated rings.